The predicted molar refractivity (Wildman–Crippen MR) is 91.5 cm³/mol. The molecule has 4 rings (SSSR count). The first kappa shape index (κ1) is 14.1. The first-order valence-electron chi connectivity index (χ1n) is 7.46. The summed E-state index contributed by atoms with van der Waals surface area (Å²) in [5.74, 6) is 0.542. The van der Waals surface area contributed by atoms with Crippen molar-refractivity contribution in [2.24, 2.45) is 0 Å². The van der Waals surface area contributed by atoms with Crippen molar-refractivity contribution < 1.29 is 0 Å². The van der Waals surface area contributed by atoms with Crippen molar-refractivity contribution in [1.29, 1.82) is 0 Å². The van der Waals surface area contributed by atoms with E-state index in [1.165, 1.54) is 0 Å². The summed E-state index contributed by atoms with van der Waals surface area (Å²) in [5, 5.41) is 3.14. The van der Waals surface area contributed by atoms with E-state index in [1.807, 2.05) is 36.4 Å². The van der Waals surface area contributed by atoms with Crippen molar-refractivity contribution in [2.75, 3.05) is 5.32 Å². The van der Waals surface area contributed by atoms with Gasteiger partial charge < -0.3 is 15.3 Å². The minimum absolute atomic E-state index is 0.215. The Balaban J connectivity index is 1.53. The molecule has 0 aliphatic carbocycles. The van der Waals surface area contributed by atoms with E-state index < -0.39 is 0 Å². The number of H-pyrrole nitrogens is 2. The molecule has 3 N–H and O–H groups in total. The third-order valence-corrected chi connectivity index (χ3v) is 3.65. The molecule has 0 unspecified atom stereocenters. The van der Waals surface area contributed by atoms with Crippen molar-refractivity contribution in [3.05, 3.63) is 71.2 Å². The summed E-state index contributed by atoms with van der Waals surface area (Å²) in [7, 11) is 0. The fraction of sp³-hybridized carbons (Fsp3) is 0.0588. The van der Waals surface area contributed by atoms with E-state index in [2.05, 4.69) is 30.2 Å². The van der Waals surface area contributed by atoms with E-state index in [0.717, 1.165) is 27.9 Å². The number of hydrogen-bond donors (Lipinski definition) is 3. The SMILES string of the molecule is O=c1[nH]c2ccc(-c3cnc(NCc4ccccn4)nc3)cc2[nH]1. The van der Waals surface area contributed by atoms with Gasteiger partial charge in [0.25, 0.3) is 0 Å². The van der Waals surface area contributed by atoms with E-state index in [-0.39, 0.29) is 5.69 Å². The second kappa shape index (κ2) is 5.96. The Morgan fingerprint density at radius 3 is 2.54 bits per heavy atom. The molecule has 0 amide bonds. The molecule has 0 bridgehead atoms. The Bertz CT molecular complexity index is 1020. The molecule has 0 saturated heterocycles. The molecule has 4 aromatic rings. The molecular formula is C17H14N6O. The van der Waals surface area contributed by atoms with Gasteiger partial charge in [-0.05, 0) is 29.8 Å². The molecule has 0 aliphatic rings. The summed E-state index contributed by atoms with van der Waals surface area (Å²) >= 11 is 0. The van der Waals surface area contributed by atoms with Gasteiger partial charge in [-0.1, -0.05) is 12.1 Å². The Morgan fingerprint density at radius 2 is 1.75 bits per heavy atom. The van der Waals surface area contributed by atoms with Crippen LogP contribution in [0.15, 0.2) is 59.8 Å². The molecule has 3 heterocycles. The van der Waals surface area contributed by atoms with E-state index >= 15 is 0 Å². The lowest BCUT2D eigenvalue weighted by Crippen LogP contribution is -2.04. The molecule has 7 nitrogen and oxygen atoms in total. The van der Waals surface area contributed by atoms with E-state index in [4.69, 9.17) is 0 Å². The van der Waals surface area contributed by atoms with Crippen LogP contribution in [-0.4, -0.2) is 24.9 Å². The predicted octanol–water partition coefficient (Wildman–Crippen LogP) is 2.32. The highest BCUT2D eigenvalue weighted by Crippen LogP contribution is 2.21. The number of imidazole rings is 1. The number of aromatic amines is 2. The molecule has 24 heavy (non-hydrogen) atoms. The van der Waals surface area contributed by atoms with E-state index in [9.17, 15) is 4.79 Å². The number of pyridine rings is 1. The van der Waals surface area contributed by atoms with Gasteiger partial charge in [0.2, 0.25) is 5.95 Å². The van der Waals surface area contributed by atoms with E-state index in [0.29, 0.717) is 12.5 Å². The first-order chi connectivity index (χ1) is 11.8. The van der Waals surface area contributed by atoms with Crippen molar-refractivity contribution >= 4 is 17.0 Å². The quantitative estimate of drug-likeness (QED) is 0.536. The number of rotatable bonds is 4. The summed E-state index contributed by atoms with van der Waals surface area (Å²) in [5.41, 5.74) is 4.06. The molecular weight excluding hydrogens is 304 g/mol. The highest BCUT2D eigenvalue weighted by atomic mass is 16.1. The molecule has 0 saturated carbocycles. The Labute approximate surface area is 136 Å². The number of nitrogens with one attached hydrogen (secondary N) is 3. The maximum absolute atomic E-state index is 11.3. The molecule has 3 aromatic heterocycles. The second-order valence-corrected chi connectivity index (χ2v) is 5.31. The topological polar surface area (TPSA) is 99.3 Å². The van der Waals surface area contributed by atoms with Crippen LogP contribution in [0.5, 0.6) is 0 Å². The van der Waals surface area contributed by atoms with Crippen LogP contribution < -0.4 is 11.0 Å². The van der Waals surface area contributed by atoms with Crippen molar-refractivity contribution in [3.63, 3.8) is 0 Å². The zero-order valence-electron chi connectivity index (χ0n) is 12.7. The summed E-state index contributed by atoms with van der Waals surface area (Å²) in [6, 6.07) is 11.4. The van der Waals surface area contributed by atoms with Gasteiger partial charge in [0.15, 0.2) is 0 Å². The fourth-order valence-electron chi connectivity index (χ4n) is 2.45. The normalized spacial score (nSPS) is 10.8. The number of hydrogen-bond acceptors (Lipinski definition) is 5. The van der Waals surface area contributed by atoms with Crippen LogP contribution in [0.1, 0.15) is 5.69 Å². The van der Waals surface area contributed by atoms with Crippen LogP contribution >= 0.6 is 0 Å². The molecule has 0 spiro atoms. The zero-order chi connectivity index (χ0) is 16.4. The van der Waals surface area contributed by atoms with Gasteiger partial charge in [0, 0.05) is 24.2 Å². The minimum atomic E-state index is -0.215. The zero-order valence-corrected chi connectivity index (χ0v) is 12.7. The number of fused-ring (bicyclic) bond motifs is 1. The summed E-state index contributed by atoms with van der Waals surface area (Å²) in [6.45, 7) is 0.566. The summed E-state index contributed by atoms with van der Waals surface area (Å²) in [6.07, 6.45) is 5.25. The highest BCUT2D eigenvalue weighted by molar-refractivity contribution is 5.81. The number of anilines is 1. The Morgan fingerprint density at radius 1 is 0.917 bits per heavy atom. The van der Waals surface area contributed by atoms with Crippen molar-refractivity contribution in [1.82, 2.24) is 24.9 Å². The smallest absolute Gasteiger partial charge is 0.323 e. The van der Waals surface area contributed by atoms with Crippen molar-refractivity contribution in [2.45, 2.75) is 6.54 Å². The van der Waals surface area contributed by atoms with Crippen molar-refractivity contribution in [3.8, 4) is 11.1 Å². The second-order valence-electron chi connectivity index (χ2n) is 5.31. The fourth-order valence-corrected chi connectivity index (χ4v) is 2.45. The lowest BCUT2D eigenvalue weighted by molar-refractivity contribution is 1.00. The van der Waals surface area contributed by atoms with Crippen LogP contribution in [-0.2, 0) is 6.54 Å². The monoisotopic (exact) mass is 318 g/mol. The number of nitrogens with zero attached hydrogens (tertiary/aromatic N) is 3. The molecule has 0 aliphatic heterocycles. The first-order valence-corrected chi connectivity index (χ1v) is 7.46. The van der Waals surface area contributed by atoms with E-state index in [1.54, 1.807) is 18.6 Å². The summed E-state index contributed by atoms with van der Waals surface area (Å²) < 4.78 is 0. The van der Waals surface area contributed by atoms with Crippen LogP contribution in [0.3, 0.4) is 0 Å². The van der Waals surface area contributed by atoms with Gasteiger partial charge in [-0.25, -0.2) is 14.8 Å². The summed E-state index contributed by atoms with van der Waals surface area (Å²) in [4.78, 5) is 29.7. The van der Waals surface area contributed by atoms with Gasteiger partial charge in [0.05, 0.1) is 23.3 Å². The van der Waals surface area contributed by atoms with Gasteiger partial charge in [-0.3, -0.25) is 4.98 Å². The minimum Gasteiger partial charge on any atom is -0.349 e. The van der Waals surface area contributed by atoms with Crippen LogP contribution in [0.25, 0.3) is 22.2 Å². The lowest BCUT2D eigenvalue weighted by atomic mass is 10.1. The highest BCUT2D eigenvalue weighted by Gasteiger charge is 2.04. The van der Waals surface area contributed by atoms with Gasteiger partial charge in [-0.2, -0.15) is 0 Å². The third-order valence-electron chi connectivity index (χ3n) is 3.65. The molecule has 0 fully saturated rings. The molecule has 1 aromatic carbocycles. The van der Waals surface area contributed by atoms with Gasteiger partial charge >= 0.3 is 5.69 Å². The molecule has 118 valence electrons. The molecule has 7 heteroatoms. The number of aromatic nitrogens is 5. The van der Waals surface area contributed by atoms with Crippen LogP contribution in [0.4, 0.5) is 5.95 Å². The average Bonchev–Trinajstić information content (AvgIpc) is 3.00. The van der Waals surface area contributed by atoms with Crippen LogP contribution in [0, 0.1) is 0 Å². The van der Waals surface area contributed by atoms with Gasteiger partial charge in [0.1, 0.15) is 0 Å². The Hall–Kier alpha value is -3.48. The standard InChI is InChI=1S/C17H14N6O/c24-17-22-14-5-4-11(7-15(14)23-17)12-8-19-16(20-9-12)21-10-13-3-1-2-6-18-13/h1-9H,10H2,(H,19,20,21)(H2,22,23,24). The Kier molecular flexibility index (Phi) is 3.51. The third kappa shape index (κ3) is 2.87. The van der Waals surface area contributed by atoms with Gasteiger partial charge in [-0.15, -0.1) is 0 Å². The van der Waals surface area contributed by atoms with Crippen LogP contribution in [0.2, 0.25) is 0 Å². The molecule has 0 atom stereocenters. The molecule has 0 radical (unpaired) electrons. The maximum Gasteiger partial charge on any atom is 0.323 e. The number of benzene rings is 1. The average molecular weight is 318 g/mol. The largest absolute Gasteiger partial charge is 0.349 e. The maximum atomic E-state index is 11.3. The lowest BCUT2D eigenvalue weighted by Gasteiger charge is -2.05.